The predicted molar refractivity (Wildman–Crippen MR) is 125 cm³/mol. The van der Waals surface area contributed by atoms with E-state index < -0.39 is 6.64 Å². The fourth-order valence-electron chi connectivity index (χ4n) is 3.86. The first kappa shape index (κ1) is 18.6. The minimum atomic E-state index is -2.77. The molecule has 0 radical (unpaired) electrons. The molecule has 0 bridgehead atoms. The summed E-state index contributed by atoms with van der Waals surface area (Å²) in [5, 5.41) is 8.05. The second-order valence-corrected chi connectivity index (χ2v) is 10.5. The Bertz CT molecular complexity index is 1200. The Morgan fingerprint density at radius 2 is 1.28 bits per heavy atom. The van der Waals surface area contributed by atoms with E-state index in [1.54, 1.807) is 0 Å². The molecule has 5 rings (SSSR count). The summed E-state index contributed by atoms with van der Waals surface area (Å²) in [5.41, 5.74) is 2.10. The van der Waals surface area contributed by atoms with Gasteiger partial charge in [-0.2, -0.15) is 0 Å². The number of fused-ring (bicyclic) bond motifs is 7. The lowest BCUT2D eigenvalue weighted by Crippen LogP contribution is -2.26. The number of hydrogen-bond donors (Lipinski definition) is 1. The molecule has 5 heteroatoms. The Morgan fingerprint density at radius 1 is 0.793 bits per heavy atom. The summed E-state index contributed by atoms with van der Waals surface area (Å²) in [6.07, 6.45) is 0.945. The standard InChI is InChI=1S/C24H22NO2PS/c1-3-16(2)25-28(29)26-21-14-12-17-8-4-6-10-19(17)23(21)24-20-11-7-5-9-18(20)13-15-22(24)27-28/h4-16H,3H2,1-2H3,(H,25,29)/t16-/m1/s1. The summed E-state index contributed by atoms with van der Waals surface area (Å²) in [6.45, 7) is 1.46. The van der Waals surface area contributed by atoms with Crippen molar-refractivity contribution in [2.75, 3.05) is 0 Å². The van der Waals surface area contributed by atoms with E-state index >= 15 is 0 Å². The van der Waals surface area contributed by atoms with Crippen LogP contribution < -0.4 is 14.1 Å². The van der Waals surface area contributed by atoms with Gasteiger partial charge in [-0.05, 0) is 47.0 Å². The molecule has 0 aliphatic carbocycles. The van der Waals surface area contributed by atoms with Crippen LogP contribution in [0.25, 0.3) is 32.7 Å². The van der Waals surface area contributed by atoms with Gasteiger partial charge in [-0.15, -0.1) is 0 Å². The van der Waals surface area contributed by atoms with Crippen LogP contribution in [0, 0.1) is 0 Å². The summed E-state index contributed by atoms with van der Waals surface area (Å²) >= 11 is 5.94. The van der Waals surface area contributed by atoms with Crippen molar-refractivity contribution in [3.05, 3.63) is 72.8 Å². The van der Waals surface area contributed by atoms with E-state index in [0.717, 1.165) is 39.8 Å². The molecule has 4 aromatic rings. The first-order valence-corrected chi connectivity index (χ1v) is 12.5. The number of hydrogen-bond acceptors (Lipinski definition) is 3. The van der Waals surface area contributed by atoms with E-state index in [-0.39, 0.29) is 6.04 Å². The van der Waals surface area contributed by atoms with Crippen LogP contribution in [-0.2, 0) is 11.8 Å². The smallest absolute Gasteiger partial charge is 0.365 e. The molecule has 4 aromatic carbocycles. The lowest BCUT2D eigenvalue weighted by Gasteiger charge is -2.25. The zero-order valence-electron chi connectivity index (χ0n) is 16.4. The van der Waals surface area contributed by atoms with Crippen molar-refractivity contribution < 1.29 is 9.05 Å². The van der Waals surface area contributed by atoms with Crippen LogP contribution in [0.15, 0.2) is 72.8 Å². The minimum Gasteiger partial charge on any atom is -0.424 e. The van der Waals surface area contributed by atoms with Gasteiger partial charge in [0.15, 0.2) is 0 Å². The monoisotopic (exact) mass is 419 g/mol. The number of nitrogens with one attached hydrogen (secondary N) is 1. The van der Waals surface area contributed by atoms with E-state index in [4.69, 9.17) is 20.9 Å². The molecule has 29 heavy (non-hydrogen) atoms. The van der Waals surface area contributed by atoms with Gasteiger partial charge in [-0.25, -0.2) is 5.09 Å². The van der Waals surface area contributed by atoms with Gasteiger partial charge in [-0.1, -0.05) is 67.6 Å². The van der Waals surface area contributed by atoms with Crippen molar-refractivity contribution in [2.45, 2.75) is 26.3 Å². The van der Waals surface area contributed by atoms with Crippen LogP contribution in [0.2, 0.25) is 0 Å². The fraction of sp³-hybridized carbons (Fsp3) is 0.167. The van der Waals surface area contributed by atoms with Crippen LogP contribution in [-0.4, -0.2) is 6.04 Å². The minimum absolute atomic E-state index is 0.201. The average molecular weight is 419 g/mol. The maximum Gasteiger partial charge on any atom is 0.365 e. The van der Waals surface area contributed by atoms with Gasteiger partial charge in [0, 0.05) is 29.0 Å². The molecule has 1 aliphatic heterocycles. The Hall–Kier alpha value is -2.39. The van der Waals surface area contributed by atoms with Crippen LogP contribution in [0.3, 0.4) is 0 Å². The maximum atomic E-state index is 6.45. The molecule has 0 fully saturated rings. The molecule has 0 saturated heterocycles. The molecule has 1 aliphatic rings. The topological polar surface area (TPSA) is 30.5 Å². The third-order valence-corrected chi connectivity index (χ3v) is 7.85. The summed E-state index contributed by atoms with van der Waals surface area (Å²) in [7, 11) is 0. The zero-order valence-corrected chi connectivity index (χ0v) is 18.1. The summed E-state index contributed by atoms with van der Waals surface area (Å²) in [4.78, 5) is 0. The Morgan fingerprint density at radius 3 is 1.76 bits per heavy atom. The van der Waals surface area contributed by atoms with E-state index in [1.165, 1.54) is 10.8 Å². The molecule has 1 N–H and O–H groups in total. The lowest BCUT2D eigenvalue weighted by atomic mass is 9.92. The van der Waals surface area contributed by atoms with Gasteiger partial charge >= 0.3 is 6.64 Å². The Labute approximate surface area is 175 Å². The van der Waals surface area contributed by atoms with Crippen molar-refractivity contribution in [3.8, 4) is 22.6 Å². The summed E-state index contributed by atoms with van der Waals surface area (Å²) in [6, 6.07) is 25.2. The summed E-state index contributed by atoms with van der Waals surface area (Å²) in [5.74, 6) is 1.55. The van der Waals surface area contributed by atoms with Gasteiger partial charge in [0.1, 0.15) is 11.5 Å². The lowest BCUT2D eigenvalue weighted by molar-refractivity contribution is 0.462. The van der Waals surface area contributed by atoms with E-state index in [9.17, 15) is 0 Å². The maximum absolute atomic E-state index is 6.45. The molecule has 1 atom stereocenters. The molecule has 0 unspecified atom stereocenters. The second kappa shape index (κ2) is 7.14. The Kier molecular flexibility index (Phi) is 4.59. The van der Waals surface area contributed by atoms with Crippen LogP contribution in [0.4, 0.5) is 0 Å². The third-order valence-electron chi connectivity index (χ3n) is 5.46. The molecule has 0 aromatic heterocycles. The number of benzene rings is 4. The zero-order chi connectivity index (χ0) is 20.0. The molecule has 146 valence electrons. The first-order valence-electron chi connectivity index (χ1n) is 9.89. The van der Waals surface area contributed by atoms with Crippen molar-refractivity contribution in [3.63, 3.8) is 0 Å². The highest BCUT2D eigenvalue weighted by atomic mass is 32.5. The molecule has 1 heterocycles. The molecule has 0 saturated carbocycles. The highest BCUT2D eigenvalue weighted by Crippen LogP contribution is 2.57. The van der Waals surface area contributed by atoms with E-state index in [0.29, 0.717) is 0 Å². The van der Waals surface area contributed by atoms with E-state index in [1.807, 2.05) is 12.1 Å². The Balaban J connectivity index is 1.87. The molecule has 3 nitrogen and oxygen atoms in total. The molecule has 0 amide bonds. The number of rotatable bonds is 3. The van der Waals surface area contributed by atoms with Crippen molar-refractivity contribution in [1.82, 2.24) is 5.09 Å². The van der Waals surface area contributed by atoms with Gasteiger partial charge in [0.2, 0.25) is 0 Å². The van der Waals surface area contributed by atoms with Crippen molar-refractivity contribution in [1.29, 1.82) is 0 Å². The molecular formula is C24H22NO2PS. The van der Waals surface area contributed by atoms with E-state index in [2.05, 4.69) is 79.6 Å². The quantitative estimate of drug-likeness (QED) is 0.361. The largest absolute Gasteiger partial charge is 0.424 e. The third kappa shape index (κ3) is 3.22. The SMILES string of the molecule is CC[C@@H](C)NP1(=S)Oc2ccc3ccccc3c2-c2c(ccc3ccccc23)O1. The van der Waals surface area contributed by atoms with Gasteiger partial charge < -0.3 is 9.05 Å². The van der Waals surface area contributed by atoms with Crippen LogP contribution in [0.5, 0.6) is 11.5 Å². The highest BCUT2D eigenvalue weighted by Gasteiger charge is 2.32. The van der Waals surface area contributed by atoms with Gasteiger partial charge in [0.05, 0.1) is 0 Å². The fourth-order valence-corrected chi connectivity index (χ4v) is 6.57. The van der Waals surface area contributed by atoms with Crippen molar-refractivity contribution >= 4 is 40.0 Å². The van der Waals surface area contributed by atoms with Crippen LogP contribution >= 0.6 is 6.64 Å². The molecule has 0 spiro atoms. The second-order valence-electron chi connectivity index (χ2n) is 7.44. The first-order chi connectivity index (χ1) is 14.1. The van der Waals surface area contributed by atoms with Gasteiger partial charge in [-0.3, -0.25) is 0 Å². The van der Waals surface area contributed by atoms with Gasteiger partial charge in [0.25, 0.3) is 0 Å². The predicted octanol–water partition coefficient (Wildman–Crippen LogP) is 7.04. The normalized spacial score (nSPS) is 15.7. The van der Waals surface area contributed by atoms with Crippen molar-refractivity contribution in [2.24, 2.45) is 0 Å². The average Bonchev–Trinajstić information content (AvgIpc) is 2.86. The summed E-state index contributed by atoms with van der Waals surface area (Å²) < 4.78 is 12.9. The molecular weight excluding hydrogens is 397 g/mol. The van der Waals surface area contributed by atoms with Crippen LogP contribution in [0.1, 0.15) is 20.3 Å². The highest BCUT2D eigenvalue weighted by molar-refractivity contribution is 8.09.